The molecule has 12 heteroatoms. The predicted octanol–water partition coefficient (Wildman–Crippen LogP) is 2.75. The number of hydrogen-bond donors (Lipinski definition) is 1. The number of carbonyl (C=O) groups is 2. The highest BCUT2D eigenvalue weighted by atomic mass is 32.2. The van der Waals surface area contributed by atoms with Gasteiger partial charge in [-0.15, -0.1) is 0 Å². The number of para-hydroxylation sites is 1. The molecule has 3 rings (SSSR count). The van der Waals surface area contributed by atoms with E-state index >= 15 is 0 Å². The van der Waals surface area contributed by atoms with Crippen molar-refractivity contribution in [3.05, 3.63) is 74.9 Å². The molecular formula is C18H14FN3O6S2. The molecule has 9 nitrogen and oxygen atoms in total. The van der Waals surface area contributed by atoms with Gasteiger partial charge in [-0.3, -0.25) is 24.6 Å². The zero-order chi connectivity index (χ0) is 21.9. The van der Waals surface area contributed by atoms with E-state index in [1.165, 1.54) is 42.5 Å². The van der Waals surface area contributed by atoms with Crippen LogP contribution in [0.25, 0.3) is 6.08 Å². The van der Waals surface area contributed by atoms with Crippen LogP contribution in [0.2, 0.25) is 0 Å². The molecule has 0 unspecified atom stereocenters. The fraction of sp³-hybridized carbons (Fsp3) is 0.111. The largest absolute Gasteiger partial charge is 0.293 e. The van der Waals surface area contributed by atoms with Gasteiger partial charge in [0.15, 0.2) is 4.90 Å². The van der Waals surface area contributed by atoms with Crippen LogP contribution in [0, 0.1) is 15.9 Å². The molecule has 0 atom stereocenters. The second kappa shape index (κ2) is 8.73. The van der Waals surface area contributed by atoms with Gasteiger partial charge in [-0.25, -0.2) is 17.5 Å². The zero-order valence-corrected chi connectivity index (χ0v) is 16.8. The lowest BCUT2D eigenvalue weighted by molar-refractivity contribution is -0.387. The van der Waals surface area contributed by atoms with E-state index in [9.17, 15) is 32.5 Å². The fourth-order valence-electron chi connectivity index (χ4n) is 2.61. The van der Waals surface area contributed by atoms with Crippen LogP contribution in [0.1, 0.15) is 5.56 Å². The number of nitro groups is 1. The van der Waals surface area contributed by atoms with Crippen molar-refractivity contribution in [2.24, 2.45) is 0 Å². The molecule has 0 radical (unpaired) electrons. The molecule has 0 spiro atoms. The number of rotatable bonds is 7. The molecule has 0 aliphatic carbocycles. The highest BCUT2D eigenvalue weighted by Gasteiger charge is 2.35. The van der Waals surface area contributed by atoms with Crippen molar-refractivity contribution in [3.8, 4) is 0 Å². The van der Waals surface area contributed by atoms with Crippen molar-refractivity contribution in [2.75, 3.05) is 13.1 Å². The standard InChI is InChI=1S/C18H14FN3O6S2/c19-13-7-5-12(6-8-13)11-15-17(23)21(18(24)29-15)10-9-20-30(27,28)16-4-2-1-3-14(16)22(25)26/h1-8,11,20H,9-10H2. The summed E-state index contributed by atoms with van der Waals surface area (Å²) < 4.78 is 39.9. The van der Waals surface area contributed by atoms with Gasteiger partial charge in [0, 0.05) is 19.2 Å². The van der Waals surface area contributed by atoms with Gasteiger partial charge in [0.2, 0.25) is 10.0 Å². The molecule has 2 aromatic carbocycles. The first-order valence-corrected chi connectivity index (χ1v) is 10.7. The molecule has 0 bridgehead atoms. The van der Waals surface area contributed by atoms with Gasteiger partial charge < -0.3 is 0 Å². The minimum absolute atomic E-state index is 0.119. The van der Waals surface area contributed by atoms with Crippen molar-refractivity contribution in [2.45, 2.75) is 4.90 Å². The third-order valence-corrected chi connectivity index (χ3v) is 6.44. The Morgan fingerprint density at radius 3 is 2.47 bits per heavy atom. The first-order valence-electron chi connectivity index (χ1n) is 8.43. The summed E-state index contributed by atoms with van der Waals surface area (Å²) in [6, 6.07) is 10.2. The molecule has 1 heterocycles. The summed E-state index contributed by atoms with van der Waals surface area (Å²) in [7, 11) is -4.23. The molecule has 0 saturated carbocycles. The zero-order valence-electron chi connectivity index (χ0n) is 15.1. The van der Waals surface area contributed by atoms with Gasteiger partial charge in [-0.1, -0.05) is 24.3 Å². The second-order valence-electron chi connectivity index (χ2n) is 6.01. The van der Waals surface area contributed by atoms with E-state index < -0.39 is 42.5 Å². The Morgan fingerprint density at radius 1 is 1.13 bits per heavy atom. The Bertz CT molecular complexity index is 1150. The average molecular weight is 451 g/mol. The topological polar surface area (TPSA) is 127 Å². The maximum Gasteiger partial charge on any atom is 0.293 e. The minimum Gasteiger partial charge on any atom is -0.268 e. The SMILES string of the molecule is O=C1SC(=Cc2ccc(F)cc2)C(=O)N1CCNS(=O)(=O)c1ccccc1[N+](=O)[O-]. The Hall–Kier alpha value is -3.09. The van der Waals surface area contributed by atoms with Crippen LogP contribution in [0.15, 0.2) is 58.3 Å². The maximum absolute atomic E-state index is 13.0. The van der Waals surface area contributed by atoms with Crippen molar-refractivity contribution in [1.82, 2.24) is 9.62 Å². The number of thioether (sulfide) groups is 1. The molecule has 2 amide bonds. The van der Waals surface area contributed by atoms with Gasteiger partial charge in [-0.2, -0.15) is 0 Å². The Morgan fingerprint density at radius 2 is 1.80 bits per heavy atom. The summed E-state index contributed by atoms with van der Waals surface area (Å²) in [6.07, 6.45) is 1.43. The number of carbonyl (C=O) groups excluding carboxylic acids is 2. The molecule has 1 aliphatic heterocycles. The number of amides is 2. The normalized spacial score (nSPS) is 15.8. The van der Waals surface area contributed by atoms with Gasteiger partial charge in [0.05, 0.1) is 9.83 Å². The van der Waals surface area contributed by atoms with Crippen molar-refractivity contribution >= 4 is 44.7 Å². The number of nitrogens with zero attached hydrogens (tertiary/aromatic N) is 2. The highest BCUT2D eigenvalue weighted by Crippen LogP contribution is 2.32. The van der Waals surface area contributed by atoms with Crippen LogP contribution in [0.4, 0.5) is 14.9 Å². The van der Waals surface area contributed by atoms with Gasteiger partial charge in [-0.05, 0) is 41.6 Å². The lowest BCUT2D eigenvalue weighted by Crippen LogP contribution is -2.37. The monoisotopic (exact) mass is 451 g/mol. The molecule has 30 heavy (non-hydrogen) atoms. The maximum atomic E-state index is 13.0. The van der Waals surface area contributed by atoms with Crippen molar-refractivity contribution in [3.63, 3.8) is 0 Å². The number of benzene rings is 2. The lowest BCUT2D eigenvalue weighted by Gasteiger charge is -2.13. The van der Waals surface area contributed by atoms with Crippen LogP contribution in [0.5, 0.6) is 0 Å². The molecular weight excluding hydrogens is 437 g/mol. The van der Waals surface area contributed by atoms with E-state index in [2.05, 4.69) is 4.72 Å². The highest BCUT2D eigenvalue weighted by molar-refractivity contribution is 8.18. The number of hydrogen-bond acceptors (Lipinski definition) is 7. The van der Waals surface area contributed by atoms with Crippen molar-refractivity contribution in [1.29, 1.82) is 0 Å². The van der Waals surface area contributed by atoms with Crippen LogP contribution < -0.4 is 4.72 Å². The van der Waals surface area contributed by atoms with E-state index in [1.807, 2.05) is 0 Å². The fourth-order valence-corrected chi connectivity index (χ4v) is 4.66. The van der Waals surface area contributed by atoms with Gasteiger partial charge in [0.1, 0.15) is 5.82 Å². The number of nitrogens with one attached hydrogen (secondary N) is 1. The van der Waals surface area contributed by atoms with Crippen molar-refractivity contribution < 1.29 is 27.3 Å². The minimum atomic E-state index is -4.23. The van der Waals surface area contributed by atoms with E-state index in [0.29, 0.717) is 17.3 Å². The van der Waals surface area contributed by atoms with Crippen LogP contribution in [-0.4, -0.2) is 42.5 Å². The molecule has 0 aromatic heterocycles. The summed E-state index contributed by atoms with van der Waals surface area (Å²) in [5.41, 5.74) is -0.0580. The molecule has 1 N–H and O–H groups in total. The average Bonchev–Trinajstić information content (AvgIpc) is 2.97. The molecule has 1 fully saturated rings. The second-order valence-corrected chi connectivity index (χ2v) is 8.74. The molecule has 1 saturated heterocycles. The van der Waals surface area contributed by atoms with Crippen LogP contribution in [-0.2, 0) is 14.8 Å². The Balaban J connectivity index is 1.68. The number of nitro benzene ring substituents is 1. The Labute approximate surface area is 174 Å². The van der Waals surface area contributed by atoms with E-state index in [4.69, 9.17) is 0 Å². The Kier molecular flexibility index (Phi) is 6.29. The molecule has 2 aromatic rings. The summed E-state index contributed by atoms with van der Waals surface area (Å²) in [6.45, 7) is -0.582. The number of sulfonamides is 1. The summed E-state index contributed by atoms with van der Waals surface area (Å²) in [5, 5.41) is 10.4. The van der Waals surface area contributed by atoms with Gasteiger partial charge in [0.25, 0.3) is 16.8 Å². The van der Waals surface area contributed by atoms with Crippen LogP contribution in [0.3, 0.4) is 0 Å². The van der Waals surface area contributed by atoms with E-state index in [-0.39, 0.29) is 18.0 Å². The van der Waals surface area contributed by atoms with E-state index in [0.717, 1.165) is 17.0 Å². The summed E-state index contributed by atoms with van der Waals surface area (Å²) in [4.78, 5) is 35.2. The first-order chi connectivity index (χ1) is 14.2. The van der Waals surface area contributed by atoms with E-state index in [1.54, 1.807) is 0 Å². The smallest absolute Gasteiger partial charge is 0.268 e. The third-order valence-electron chi connectivity index (χ3n) is 4.02. The predicted molar refractivity (Wildman–Crippen MR) is 107 cm³/mol. The number of imide groups is 1. The molecule has 156 valence electrons. The summed E-state index contributed by atoms with van der Waals surface area (Å²) >= 11 is 0.680. The third kappa shape index (κ3) is 4.72. The lowest BCUT2D eigenvalue weighted by atomic mass is 10.2. The number of halogens is 1. The summed E-state index contributed by atoms with van der Waals surface area (Å²) in [5.74, 6) is -1.05. The van der Waals surface area contributed by atoms with Gasteiger partial charge >= 0.3 is 0 Å². The quantitative estimate of drug-likeness (QED) is 0.390. The molecule has 1 aliphatic rings. The van der Waals surface area contributed by atoms with Crippen LogP contribution >= 0.6 is 11.8 Å². The first kappa shape index (κ1) is 21.6.